The molecule has 0 aliphatic carbocycles. The number of sulfonamides is 1. The minimum Gasteiger partial charge on any atom is -0.480 e. The van der Waals surface area contributed by atoms with Crippen LogP contribution in [0.15, 0.2) is 0 Å². The van der Waals surface area contributed by atoms with E-state index in [2.05, 4.69) is 0 Å². The van der Waals surface area contributed by atoms with Crippen molar-refractivity contribution >= 4 is 25.8 Å². The van der Waals surface area contributed by atoms with Crippen LogP contribution in [0, 0.1) is 0 Å². The standard InChI is InChI=1S/C8H15NO6S2/c1-2-9(5-8(10)11)17(14,15)7-3-4-16(12,13)6-7/h7H,2-6H2,1H3,(H,10,11). The molecule has 0 amide bonds. The smallest absolute Gasteiger partial charge is 0.318 e. The summed E-state index contributed by atoms with van der Waals surface area (Å²) in [4.78, 5) is 10.5. The Balaban J connectivity index is 2.91. The second kappa shape index (κ2) is 4.91. The molecular weight excluding hydrogens is 270 g/mol. The lowest BCUT2D eigenvalue weighted by molar-refractivity contribution is -0.137. The summed E-state index contributed by atoms with van der Waals surface area (Å²) in [5.74, 6) is -1.82. The van der Waals surface area contributed by atoms with E-state index in [1.807, 2.05) is 0 Å². The lowest BCUT2D eigenvalue weighted by Gasteiger charge is -2.21. The Labute approximate surface area is 100 Å². The zero-order valence-corrected chi connectivity index (χ0v) is 11.0. The van der Waals surface area contributed by atoms with Crippen molar-refractivity contribution in [1.82, 2.24) is 4.31 Å². The minimum absolute atomic E-state index is 0.0190. The second-order valence-corrected chi connectivity index (χ2v) is 8.33. The maximum Gasteiger partial charge on any atom is 0.318 e. The maximum absolute atomic E-state index is 12.0. The number of sulfone groups is 1. The number of hydrogen-bond donors (Lipinski definition) is 1. The van der Waals surface area contributed by atoms with Crippen molar-refractivity contribution in [2.75, 3.05) is 24.6 Å². The third kappa shape index (κ3) is 3.39. The molecule has 0 spiro atoms. The Hall–Kier alpha value is -0.670. The van der Waals surface area contributed by atoms with E-state index in [1.165, 1.54) is 6.92 Å². The van der Waals surface area contributed by atoms with Gasteiger partial charge in [-0.2, -0.15) is 4.31 Å². The Kier molecular flexibility index (Phi) is 4.15. The molecule has 0 aromatic heterocycles. The van der Waals surface area contributed by atoms with Crippen LogP contribution in [-0.4, -0.2) is 62.1 Å². The summed E-state index contributed by atoms with van der Waals surface area (Å²) in [7, 11) is -7.15. The third-order valence-corrected chi connectivity index (χ3v) is 6.97. The van der Waals surface area contributed by atoms with Crippen LogP contribution in [0.2, 0.25) is 0 Å². The molecule has 7 nitrogen and oxygen atoms in total. The fourth-order valence-corrected chi connectivity index (χ4v) is 6.23. The predicted molar refractivity (Wildman–Crippen MR) is 60.9 cm³/mol. The van der Waals surface area contributed by atoms with Gasteiger partial charge in [-0.1, -0.05) is 6.92 Å². The van der Waals surface area contributed by atoms with Crippen LogP contribution in [0.1, 0.15) is 13.3 Å². The first-order valence-electron chi connectivity index (χ1n) is 5.10. The molecule has 0 radical (unpaired) electrons. The SMILES string of the molecule is CCN(CC(=O)O)S(=O)(=O)C1CCS(=O)(=O)C1. The van der Waals surface area contributed by atoms with E-state index >= 15 is 0 Å². The van der Waals surface area contributed by atoms with Crippen LogP contribution in [0.3, 0.4) is 0 Å². The van der Waals surface area contributed by atoms with Crippen LogP contribution < -0.4 is 0 Å². The number of likely N-dealkylation sites (N-methyl/N-ethyl adjacent to an activating group) is 1. The van der Waals surface area contributed by atoms with Gasteiger partial charge in [0.25, 0.3) is 0 Å². The van der Waals surface area contributed by atoms with E-state index in [-0.39, 0.29) is 18.7 Å². The molecule has 1 atom stereocenters. The van der Waals surface area contributed by atoms with Gasteiger partial charge < -0.3 is 5.11 Å². The Morgan fingerprint density at radius 1 is 1.47 bits per heavy atom. The highest BCUT2D eigenvalue weighted by Gasteiger charge is 2.40. The van der Waals surface area contributed by atoms with Crippen LogP contribution in [0.4, 0.5) is 0 Å². The molecule has 1 heterocycles. The predicted octanol–water partition coefficient (Wildman–Crippen LogP) is -1.09. The molecule has 1 rings (SSSR count). The first-order chi connectivity index (χ1) is 7.69. The molecule has 1 aliphatic heterocycles. The number of hydrogen-bond acceptors (Lipinski definition) is 5. The van der Waals surface area contributed by atoms with Gasteiger partial charge in [0.2, 0.25) is 10.0 Å². The Morgan fingerprint density at radius 2 is 2.06 bits per heavy atom. The van der Waals surface area contributed by atoms with Gasteiger partial charge in [-0.05, 0) is 6.42 Å². The van der Waals surface area contributed by atoms with Gasteiger partial charge in [-0.25, -0.2) is 16.8 Å². The summed E-state index contributed by atoms with van der Waals surface area (Å²) in [5, 5.41) is 7.59. The first-order valence-corrected chi connectivity index (χ1v) is 8.42. The molecule has 1 saturated heterocycles. The van der Waals surface area contributed by atoms with Crippen molar-refractivity contribution in [3.63, 3.8) is 0 Å². The van der Waals surface area contributed by atoms with Gasteiger partial charge in [-0.3, -0.25) is 4.79 Å². The molecule has 0 bridgehead atoms. The fraction of sp³-hybridized carbons (Fsp3) is 0.875. The lowest BCUT2D eigenvalue weighted by atomic mass is 10.4. The molecular formula is C8H15NO6S2. The molecule has 1 aliphatic rings. The maximum atomic E-state index is 12.0. The molecule has 17 heavy (non-hydrogen) atoms. The van der Waals surface area contributed by atoms with E-state index in [1.54, 1.807) is 0 Å². The summed E-state index contributed by atoms with van der Waals surface area (Å²) >= 11 is 0. The monoisotopic (exact) mass is 285 g/mol. The topological polar surface area (TPSA) is 109 Å². The highest BCUT2D eigenvalue weighted by molar-refractivity contribution is 7.95. The van der Waals surface area contributed by atoms with Crippen molar-refractivity contribution < 1.29 is 26.7 Å². The number of carboxylic acids is 1. The van der Waals surface area contributed by atoms with Crippen LogP contribution >= 0.6 is 0 Å². The fourth-order valence-electron chi connectivity index (χ4n) is 1.74. The quantitative estimate of drug-likeness (QED) is 0.687. The Bertz CT molecular complexity index is 494. The lowest BCUT2D eigenvalue weighted by Crippen LogP contribution is -2.42. The zero-order chi connectivity index (χ0) is 13.3. The van der Waals surface area contributed by atoms with E-state index in [0.717, 1.165) is 4.31 Å². The second-order valence-electron chi connectivity index (χ2n) is 3.89. The summed E-state index contributed by atoms with van der Waals surface area (Å²) in [5.41, 5.74) is 0. The largest absolute Gasteiger partial charge is 0.480 e. The molecule has 9 heteroatoms. The average molecular weight is 285 g/mol. The number of carbonyl (C=O) groups is 1. The minimum atomic E-state index is -3.84. The van der Waals surface area contributed by atoms with Crippen LogP contribution in [0.25, 0.3) is 0 Å². The number of rotatable bonds is 5. The van der Waals surface area contributed by atoms with E-state index in [0.29, 0.717) is 0 Å². The van der Waals surface area contributed by atoms with Gasteiger partial charge in [0.1, 0.15) is 6.54 Å². The van der Waals surface area contributed by atoms with Crippen LogP contribution in [-0.2, 0) is 24.7 Å². The van der Waals surface area contributed by atoms with Gasteiger partial charge in [0, 0.05) is 6.54 Å². The number of nitrogens with zero attached hydrogens (tertiary/aromatic N) is 1. The van der Waals surface area contributed by atoms with Crippen molar-refractivity contribution in [3.8, 4) is 0 Å². The van der Waals surface area contributed by atoms with Gasteiger partial charge in [-0.15, -0.1) is 0 Å². The first kappa shape index (κ1) is 14.4. The third-order valence-electron chi connectivity index (χ3n) is 2.64. The summed E-state index contributed by atoms with van der Waals surface area (Å²) in [6, 6.07) is 0. The normalized spacial score (nSPS) is 24.0. The molecule has 1 fully saturated rings. The van der Waals surface area contributed by atoms with Gasteiger partial charge in [0.05, 0.1) is 16.8 Å². The number of carboxylic acid groups (broad SMARTS) is 1. The van der Waals surface area contributed by atoms with E-state index in [4.69, 9.17) is 5.11 Å². The highest BCUT2D eigenvalue weighted by atomic mass is 32.2. The Morgan fingerprint density at radius 3 is 2.41 bits per heavy atom. The van der Waals surface area contributed by atoms with Crippen LogP contribution in [0.5, 0.6) is 0 Å². The molecule has 0 aromatic rings. The molecule has 0 aromatic carbocycles. The average Bonchev–Trinajstić information content (AvgIpc) is 2.55. The molecule has 100 valence electrons. The molecule has 1 N–H and O–H groups in total. The summed E-state index contributed by atoms with van der Waals surface area (Å²) in [6.45, 7) is 0.907. The van der Waals surface area contributed by atoms with Crippen molar-refractivity contribution in [1.29, 1.82) is 0 Å². The zero-order valence-electron chi connectivity index (χ0n) is 9.37. The van der Waals surface area contributed by atoms with Crippen molar-refractivity contribution in [3.05, 3.63) is 0 Å². The van der Waals surface area contributed by atoms with Gasteiger partial charge in [0.15, 0.2) is 9.84 Å². The summed E-state index contributed by atoms with van der Waals surface area (Å²) < 4.78 is 47.2. The van der Waals surface area contributed by atoms with E-state index in [9.17, 15) is 21.6 Å². The van der Waals surface area contributed by atoms with E-state index < -0.39 is 43.4 Å². The van der Waals surface area contributed by atoms with Crippen molar-refractivity contribution in [2.24, 2.45) is 0 Å². The van der Waals surface area contributed by atoms with Gasteiger partial charge >= 0.3 is 5.97 Å². The van der Waals surface area contributed by atoms with Crippen molar-refractivity contribution in [2.45, 2.75) is 18.6 Å². The highest BCUT2D eigenvalue weighted by Crippen LogP contribution is 2.21. The summed E-state index contributed by atoms with van der Waals surface area (Å²) in [6.07, 6.45) is 0.0424. The molecule has 0 saturated carbocycles. The molecule has 1 unspecified atom stereocenters. The number of aliphatic carboxylic acids is 1.